The smallest absolute Gasteiger partial charge is 0.234 e. The second-order valence-corrected chi connectivity index (χ2v) is 6.10. The molecule has 0 saturated heterocycles. The van der Waals surface area contributed by atoms with Crippen LogP contribution >= 0.6 is 11.6 Å². The number of nitrogen functional groups attached to an aromatic ring is 1. The molecular weight excluding hydrogens is 284 g/mol. The molecule has 0 aliphatic heterocycles. The Morgan fingerprint density at radius 2 is 1.76 bits per heavy atom. The Hall–Kier alpha value is -2.00. The van der Waals surface area contributed by atoms with Crippen molar-refractivity contribution in [3.05, 3.63) is 58.6 Å². The molecule has 0 spiro atoms. The topological polar surface area (TPSA) is 55.1 Å². The molecule has 0 aliphatic carbocycles. The molecule has 1 amide bonds. The molecule has 110 valence electrons. The second kappa shape index (κ2) is 5.78. The van der Waals surface area contributed by atoms with Crippen molar-refractivity contribution in [2.45, 2.75) is 26.2 Å². The third kappa shape index (κ3) is 3.37. The van der Waals surface area contributed by atoms with E-state index in [1.165, 1.54) is 0 Å². The predicted octanol–water partition coefficient (Wildman–Crippen LogP) is 4.15. The Balaban J connectivity index is 2.26. The van der Waals surface area contributed by atoms with Crippen LogP contribution < -0.4 is 11.1 Å². The van der Waals surface area contributed by atoms with Gasteiger partial charge in [0, 0.05) is 16.4 Å². The highest BCUT2D eigenvalue weighted by atomic mass is 35.5. The van der Waals surface area contributed by atoms with E-state index >= 15 is 0 Å². The van der Waals surface area contributed by atoms with Crippen molar-refractivity contribution in [1.29, 1.82) is 0 Å². The highest BCUT2D eigenvalue weighted by Crippen LogP contribution is 2.27. The standard InChI is InChI=1S/C17H19ClN2O/c1-11-4-7-13(18)10-15(11)20-16(21)17(2,3)12-5-8-14(19)9-6-12/h4-10H,19H2,1-3H3,(H,20,21). The van der Waals surface area contributed by atoms with E-state index in [-0.39, 0.29) is 5.91 Å². The lowest BCUT2D eigenvalue weighted by molar-refractivity contribution is -0.120. The monoisotopic (exact) mass is 302 g/mol. The maximum absolute atomic E-state index is 12.6. The number of hydrogen-bond acceptors (Lipinski definition) is 2. The fourth-order valence-corrected chi connectivity index (χ4v) is 2.21. The summed E-state index contributed by atoms with van der Waals surface area (Å²) in [5.74, 6) is -0.0855. The number of nitrogens with two attached hydrogens (primary N) is 1. The third-order valence-electron chi connectivity index (χ3n) is 3.65. The van der Waals surface area contributed by atoms with Gasteiger partial charge in [-0.3, -0.25) is 4.79 Å². The summed E-state index contributed by atoms with van der Waals surface area (Å²) in [6.45, 7) is 5.70. The summed E-state index contributed by atoms with van der Waals surface area (Å²) in [6.07, 6.45) is 0. The molecule has 2 rings (SSSR count). The molecule has 2 aromatic rings. The number of hydrogen-bond donors (Lipinski definition) is 2. The quantitative estimate of drug-likeness (QED) is 0.837. The van der Waals surface area contributed by atoms with Crippen LogP contribution in [0.5, 0.6) is 0 Å². The van der Waals surface area contributed by atoms with Gasteiger partial charge < -0.3 is 11.1 Å². The van der Waals surface area contributed by atoms with E-state index in [1.807, 2.05) is 39.0 Å². The number of aryl methyl sites for hydroxylation is 1. The number of benzene rings is 2. The Morgan fingerprint density at radius 1 is 1.14 bits per heavy atom. The first kappa shape index (κ1) is 15.4. The van der Waals surface area contributed by atoms with Crippen molar-refractivity contribution in [2.24, 2.45) is 0 Å². The minimum absolute atomic E-state index is 0.0855. The number of halogens is 1. The van der Waals surface area contributed by atoms with Crippen LogP contribution in [0.15, 0.2) is 42.5 Å². The van der Waals surface area contributed by atoms with Gasteiger partial charge in [0.25, 0.3) is 0 Å². The number of carbonyl (C=O) groups is 1. The van der Waals surface area contributed by atoms with Crippen molar-refractivity contribution in [3.63, 3.8) is 0 Å². The van der Waals surface area contributed by atoms with E-state index in [0.29, 0.717) is 10.7 Å². The van der Waals surface area contributed by atoms with Gasteiger partial charge in [-0.2, -0.15) is 0 Å². The number of anilines is 2. The van der Waals surface area contributed by atoms with Crippen LogP contribution in [0.25, 0.3) is 0 Å². The number of nitrogens with one attached hydrogen (secondary N) is 1. The molecule has 0 unspecified atom stereocenters. The minimum Gasteiger partial charge on any atom is -0.399 e. The maximum Gasteiger partial charge on any atom is 0.234 e. The van der Waals surface area contributed by atoms with Crippen LogP contribution in [-0.2, 0) is 10.2 Å². The van der Waals surface area contributed by atoms with E-state index in [9.17, 15) is 4.79 Å². The molecule has 21 heavy (non-hydrogen) atoms. The molecule has 0 fully saturated rings. The minimum atomic E-state index is -0.664. The summed E-state index contributed by atoms with van der Waals surface area (Å²) >= 11 is 5.98. The number of amides is 1. The molecule has 3 nitrogen and oxygen atoms in total. The average molecular weight is 303 g/mol. The summed E-state index contributed by atoms with van der Waals surface area (Å²) in [6, 6.07) is 12.8. The van der Waals surface area contributed by atoms with Crippen LogP contribution in [0.4, 0.5) is 11.4 Å². The highest BCUT2D eigenvalue weighted by Gasteiger charge is 2.30. The molecule has 0 saturated carbocycles. The van der Waals surface area contributed by atoms with Crippen molar-refractivity contribution in [1.82, 2.24) is 0 Å². The van der Waals surface area contributed by atoms with E-state index in [2.05, 4.69) is 5.32 Å². The Morgan fingerprint density at radius 3 is 2.38 bits per heavy atom. The summed E-state index contributed by atoms with van der Waals surface area (Å²) in [5, 5.41) is 3.55. The maximum atomic E-state index is 12.6. The van der Waals surface area contributed by atoms with Crippen LogP contribution in [0, 0.1) is 6.92 Å². The fourth-order valence-electron chi connectivity index (χ4n) is 2.04. The summed E-state index contributed by atoms with van der Waals surface area (Å²) in [5.41, 5.74) is 8.32. The third-order valence-corrected chi connectivity index (χ3v) is 3.88. The lowest BCUT2D eigenvalue weighted by Crippen LogP contribution is -2.34. The molecule has 2 aromatic carbocycles. The van der Waals surface area contributed by atoms with Crippen molar-refractivity contribution in [2.75, 3.05) is 11.1 Å². The van der Waals surface area contributed by atoms with Gasteiger partial charge in [-0.05, 0) is 56.2 Å². The summed E-state index contributed by atoms with van der Waals surface area (Å²) in [4.78, 5) is 12.6. The van der Waals surface area contributed by atoms with Crippen LogP contribution in [0.2, 0.25) is 5.02 Å². The Kier molecular flexibility index (Phi) is 4.24. The fraction of sp³-hybridized carbons (Fsp3) is 0.235. The van der Waals surface area contributed by atoms with Gasteiger partial charge in [-0.15, -0.1) is 0 Å². The zero-order valence-corrected chi connectivity index (χ0v) is 13.2. The molecule has 3 N–H and O–H groups in total. The highest BCUT2D eigenvalue weighted by molar-refractivity contribution is 6.31. The lowest BCUT2D eigenvalue weighted by atomic mass is 9.83. The van der Waals surface area contributed by atoms with E-state index in [4.69, 9.17) is 17.3 Å². The van der Waals surface area contributed by atoms with E-state index in [1.54, 1.807) is 24.3 Å². The summed E-state index contributed by atoms with van der Waals surface area (Å²) in [7, 11) is 0. The molecular formula is C17H19ClN2O. The molecule has 0 bridgehead atoms. The van der Waals surface area contributed by atoms with Crippen molar-refractivity contribution >= 4 is 28.9 Å². The largest absolute Gasteiger partial charge is 0.399 e. The predicted molar refractivity (Wildman–Crippen MR) is 88.7 cm³/mol. The Labute approximate surface area is 130 Å². The molecule has 0 aromatic heterocycles. The average Bonchev–Trinajstić information content (AvgIpc) is 2.43. The first-order valence-corrected chi connectivity index (χ1v) is 7.12. The van der Waals surface area contributed by atoms with Gasteiger partial charge in [0.1, 0.15) is 0 Å². The molecule has 0 heterocycles. The normalized spacial score (nSPS) is 11.2. The first-order valence-electron chi connectivity index (χ1n) is 6.74. The number of carbonyl (C=O) groups excluding carboxylic acids is 1. The van der Waals surface area contributed by atoms with Crippen molar-refractivity contribution in [3.8, 4) is 0 Å². The number of rotatable bonds is 3. The molecule has 0 atom stereocenters. The van der Waals surface area contributed by atoms with Crippen LogP contribution in [0.1, 0.15) is 25.0 Å². The van der Waals surface area contributed by atoms with E-state index in [0.717, 1.165) is 16.8 Å². The lowest BCUT2D eigenvalue weighted by Gasteiger charge is -2.25. The second-order valence-electron chi connectivity index (χ2n) is 5.66. The Bertz CT molecular complexity index is 663. The van der Waals surface area contributed by atoms with Gasteiger partial charge in [0.05, 0.1) is 5.41 Å². The van der Waals surface area contributed by atoms with Gasteiger partial charge in [0.15, 0.2) is 0 Å². The van der Waals surface area contributed by atoms with Crippen LogP contribution in [-0.4, -0.2) is 5.91 Å². The zero-order valence-electron chi connectivity index (χ0n) is 12.4. The molecule has 0 aliphatic rings. The zero-order chi connectivity index (χ0) is 15.6. The molecule has 4 heteroatoms. The van der Waals surface area contributed by atoms with Gasteiger partial charge in [0.2, 0.25) is 5.91 Å². The van der Waals surface area contributed by atoms with Crippen LogP contribution in [0.3, 0.4) is 0 Å². The SMILES string of the molecule is Cc1ccc(Cl)cc1NC(=O)C(C)(C)c1ccc(N)cc1. The van der Waals surface area contributed by atoms with Gasteiger partial charge >= 0.3 is 0 Å². The first-order chi connectivity index (χ1) is 9.80. The summed E-state index contributed by atoms with van der Waals surface area (Å²) < 4.78 is 0. The van der Waals surface area contributed by atoms with Crippen molar-refractivity contribution < 1.29 is 4.79 Å². The van der Waals surface area contributed by atoms with Gasteiger partial charge in [-0.1, -0.05) is 29.8 Å². The van der Waals surface area contributed by atoms with Gasteiger partial charge in [-0.25, -0.2) is 0 Å². The molecule has 0 radical (unpaired) electrons. The van der Waals surface area contributed by atoms with E-state index < -0.39 is 5.41 Å².